The van der Waals surface area contributed by atoms with Gasteiger partial charge in [0.15, 0.2) is 0 Å². The molecule has 2 aromatic rings. The van der Waals surface area contributed by atoms with Gasteiger partial charge >= 0.3 is 0 Å². The lowest BCUT2D eigenvalue weighted by molar-refractivity contribution is 0.0119. The van der Waals surface area contributed by atoms with E-state index < -0.39 is 6.10 Å². The first-order valence-corrected chi connectivity index (χ1v) is 7.70. The average molecular weight is 339 g/mol. The van der Waals surface area contributed by atoms with Gasteiger partial charge < -0.3 is 9.84 Å². The van der Waals surface area contributed by atoms with Crippen LogP contribution in [-0.2, 0) is 17.9 Å². The molecule has 124 valence electrons. The quantitative estimate of drug-likeness (QED) is 0.752. The molecule has 1 N–H and O–H groups in total. The van der Waals surface area contributed by atoms with E-state index in [9.17, 15) is 9.50 Å². The van der Waals surface area contributed by atoms with Gasteiger partial charge in [0.1, 0.15) is 11.0 Å². The van der Waals surface area contributed by atoms with E-state index >= 15 is 0 Å². The van der Waals surface area contributed by atoms with Gasteiger partial charge in [0.25, 0.3) is 0 Å². The first-order chi connectivity index (χ1) is 11.0. The zero-order chi connectivity index (χ0) is 16.7. The van der Waals surface area contributed by atoms with E-state index in [1.54, 1.807) is 30.5 Å². The lowest BCUT2D eigenvalue weighted by Crippen LogP contribution is -2.31. The number of aliphatic hydroxyl groups excluding tert-OH is 1. The number of ether oxygens (including phenoxy) is 1. The lowest BCUT2D eigenvalue weighted by Gasteiger charge is -2.20. The van der Waals surface area contributed by atoms with Crippen molar-refractivity contribution in [3.05, 3.63) is 64.7 Å². The minimum Gasteiger partial charge on any atom is -0.389 e. The fourth-order valence-electron chi connectivity index (χ4n) is 2.21. The third-order valence-corrected chi connectivity index (χ3v) is 3.51. The van der Waals surface area contributed by atoms with Gasteiger partial charge in [-0.2, -0.15) is 0 Å². The number of hydrogen-bond acceptors (Lipinski definition) is 4. The van der Waals surface area contributed by atoms with Gasteiger partial charge in [-0.3, -0.25) is 4.90 Å². The molecule has 0 aliphatic rings. The normalized spacial score (nSPS) is 12.6. The van der Waals surface area contributed by atoms with Crippen molar-refractivity contribution < 1.29 is 14.2 Å². The molecule has 0 radical (unpaired) electrons. The molecule has 23 heavy (non-hydrogen) atoms. The van der Waals surface area contributed by atoms with Crippen LogP contribution in [0.3, 0.4) is 0 Å². The molecule has 0 saturated carbocycles. The fourth-order valence-corrected chi connectivity index (χ4v) is 2.32. The minimum atomic E-state index is -0.646. The number of hydrogen-bond donors (Lipinski definition) is 1. The molecule has 4 nitrogen and oxygen atoms in total. The zero-order valence-corrected chi connectivity index (χ0v) is 13.7. The Kier molecular flexibility index (Phi) is 6.92. The van der Waals surface area contributed by atoms with Crippen LogP contribution >= 0.6 is 11.6 Å². The number of likely N-dealkylation sites (N-methyl/N-ethyl adjacent to an activating group) is 1. The second-order valence-electron chi connectivity index (χ2n) is 5.45. The van der Waals surface area contributed by atoms with Crippen molar-refractivity contribution >= 4 is 11.6 Å². The van der Waals surface area contributed by atoms with E-state index in [1.165, 1.54) is 6.07 Å². The highest BCUT2D eigenvalue weighted by Gasteiger charge is 2.10. The molecule has 2 rings (SSSR count). The Morgan fingerprint density at radius 2 is 2.09 bits per heavy atom. The molecule has 1 aromatic heterocycles. The molecule has 0 aliphatic heterocycles. The Bertz CT molecular complexity index is 610. The van der Waals surface area contributed by atoms with Crippen LogP contribution < -0.4 is 0 Å². The average Bonchev–Trinajstić information content (AvgIpc) is 2.51. The van der Waals surface area contributed by atoms with E-state index in [-0.39, 0.29) is 19.0 Å². The maximum atomic E-state index is 13.4. The van der Waals surface area contributed by atoms with Gasteiger partial charge in [-0.15, -0.1) is 0 Å². The third-order valence-electron chi connectivity index (χ3n) is 3.29. The van der Waals surface area contributed by atoms with Gasteiger partial charge in [-0.25, -0.2) is 9.37 Å². The summed E-state index contributed by atoms with van der Waals surface area (Å²) in [6, 6.07) is 10.1. The topological polar surface area (TPSA) is 45.6 Å². The summed E-state index contributed by atoms with van der Waals surface area (Å²) in [5, 5.41) is 10.4. The number of aromatic nitrogens is 1. The Morgan fingerprint density at radius 3 is 2.78 bits per heavy atom. The number of benzene rings is 1. The second-order valence-corrected chi connectivity index (χ2v) is 5.83. The summed E-state index contributed by atoms with van der Waals surface area (Å²) >= 11 is 5.74. The molecule has 6 heteroatoms. The summed E-state index contributed by atoms with van der Waals surface area (Å²) in [5.74, 6) is -0.297. The van der Waals surface area contributed by atoms with Gasteiger partial charge in [-0.1, -0.05) is 35.9 Å². The van der Waals surface area contributed by atoms with Crippen LogP contribution in [0, 0.1) is 5.82 Å². The number of halogens is 2. The van der Waals surface area contributed by atoms with Crippen molar-refractivity contribution in [2.45, 2.75) is 19.3 Å². The second kappa shape index (κ2) is 8.93. The number of nitrogens with zero attached hydrogens (tertiary/aromatic N) is 2. The Hall–Kier alpha value is -1.53. The molecule has 1 heterocycles. The molecule has 0 amide bonds. The van der Waals surface area contributed by atoms with Gasteiger partial charge in [0.2, 0.25) is 0 Å². The van der Waals surface area contributed by atoms with Crippen molar-refractivity contribution in [3.8, 4) is 0 Å². The Balaban J connectivity index is 1.70. The largest absolute Gasteiger partial charge is 0.389 e. The third kappa shape index (κ3) is 6.23. The summed E-state index contributed by atoms with van der Waals surface area (Å²) < 4.78 is 18.8. The van der Waals surface area contributed by atoms with Crippen LogP contribution in [0.4, 0.5) is 4.39 Å². The van der Waals surface area contributed by atoms with Crippen LogP contribution in [-0.4, -0.2) is 41.3 Å². The fraction of sp³-hybridized carbons (Fsp3) is 0.353. The van der Waals surface area contributed by atoms with Crippen molar-refractivity contribution in [3.63, 3.8) is 0 Å². The number of pyridine rings is 1. The van der Waals surface area contributed by atoms with Crippen molar-refractivity contribution in [1.29, 1.82) is 0 Å². The molecule has 1 aromatic carbocycles. The summed E-state index contributed by atoms with van der Waals surface area (Å²) in [4.78, 5) is 5.98. The standard InChI is InChI=1S/C17H20ClFN2O2/c1-21(9-13-6-7-17(18)20-8-13)10-15(22)12-23-11-14-4-2-3-5-16(14)19/h2-8,15,22H,9-12H2,1H3. The van der Waals surface area contributed by atoms with E-state index in [4.69, 9.17) is 16.3 Å². The van der Waals surface area contributed by atoms with Crippen LogP contribution in [0.2, 0.25) is 5.15 Å². The predicted octanol–water partition coefficient (Wildman–Crippen LogP) is 2.88. The van der Waals surface area contributed by atoms with Crippen LogP contribution in [0.25, 0.3) is 0 Å². The maximum Gasteiger partial charge on any atom is 0.129 e. The van der Waals surface area contributed by atoms with Crippen LogP contribution in [0.1, 0.15) is 11.1 Å². The molecule has 0 saturated heterocycles. The summed E-state index contributed by atoms with van der Waals surface area (Å²) in [6.07, 6.45) is 1.06. The molecule has 0 aliphatic carbocycles. The molecular weight excluding hydrogens is 319 g/mol. The van der Waals surface area contributed by atoms with Gasteiger partial charge in [0, 0.05) is 24.8 Å². The van der Waals surface area contributed by atoms with E-state index in [0.717, 1.165) is 5.56 Å². The molecule has 0 spiro atoms. The highest BCUT2D eigenvalue weighted by molar-refractivity contribution is 6.29. The predicted molar refractivity (Wildman–Crippen MR) is 87.6 cm³/mol. The van der Waals surface area contributed by atoms with E-state index in [0.29, 0.717) is 23.8 Å². The monoisotopic (exact) mass is 338 g/mol. The van der Waals surface area contributed by atoms with Gasteiger partial charge in [-0.05, 0) is 24.7 Å². The zero-order valence-electron chi connectivity index (χ0n) is 13.0. The van der Waals surface area contributed by atoms with Crippen molar-refractivity contribution in [2.75, 3.05) is 20.2 Å². The van der Waals surface area contributed by atoms with E-state index in [2.05, 4.69) is 4.98 Å². The smallest absolute Gasteiger partial charge is 0.129 e. The molecule has 1 atom stereocenters. The lowest BCUT2D eigenvalue weighted by atomic mass is 10.2. The van der Waals surface area contributed by atoms with Crippen LogP contribution in [0.15, 0.2) is 42.6 Å². The molecular formula is C17H20ClFN2O2. The number of aliphatic hydroxyl groups is 1. The summed E-state index contributed by atoms with van der Waals surface area (Å²) in [6.45, 7) is 1.39. The highest BCUT2D eigenvalue weighted by Crippen LogP contribution is 2.09. The Morgan fingerprint density at radius 1 is 1.30 bits per heavy atom. The maximum absolute atomic E-state index is 13.4. The first kappa shape index (κ1) is 17.8. The molecule has 0 bridgehead atoms. The van der Waals surface area contributed by atoms with E-state index in [1.807, 2.05) is 18.0 Å². The first-order valence-electron chi connectivity index (χ1n) is 7.33. The summed E-state index contributed by atoms with van der Waals surface area (Å²) in [7, 11) is 1.90. The van der Waals surface area contributed by atoms with Gasteiger partial charge in [0.05, 0.1) is 19.3 Å². The Labute approximate surface area is 140 Å². The van der Waals surface area contributed by atoms with Crippen LogP contribution in [0.5, 0.6) is 0 Å². The minimum absolute atomic E-state index is 0.147. The van der Waals surface area contributed by atoms with Crippen molar-refractivity contribution in [1.82, 2.24) is 9.88 Å². The molecule has 0 fully saturated rings. The SMILES string of the molecule is CN(Cc1ccc(Cl)nc1)CC(O)COCc1ccccc1F. The summed E-state index contributed by atoms with van der Waals surface area (Å²) in [5.41, 5.74) is 1.50. The molecule has 1 unspecified atom stereocenters. The highest BCUT2D eigenvalue weighted by atomic mass is 35.5. The number of rotatable bonds is 8. The van der Waals surface area contributed by atoms with Crippen molar-refractivity contribution in [2.24, 2.45) is 0 Å².